The average Bonchev–Trinajstić information content (AvgIpc) is 2.44. The van der Waals surface area contributed by atoms with Crippen LogP contribution in [0.3, 0.4) is 0 Å². The zero-order valence-corrected chi connectivity index (χ0v) is 12.5. The van der Waals surface area contributed by atoms with Crippen LogP contribution < -0.4 is 5.32 Å². The molecule has 1 aromatic rings. The maximum atomic E-state index is 9.66. The third-order valence-electron chi connectivity index (χ3n) is 4.31. The number of aryl methyl sites for hydroxylation is 1. The van der Waals surface area contributed by atoms with E-state index < -0.39 is 0 Å². The van der Waals surface area contributed by atoms with Gasteiger partial charge in [-0.25, -0.2) is 0 Å². The number of nitrogens with one attached hydrogen (secondary N) is 1. The van der Waals surface area contributed by atoms with Gasteiger partial charge in [0.05, 0.1) is 0 Å². The molecule has 0 saturated heterocycles. The number of aliphatic hydroxyl groups is 1. The van der Waals surface area contributed by atoms with E-state index in [0.717, 1.165) is 36.5 Å². The average molecular weight is 282 g/mol. The molecule has 0 aromatic heterocycles. The highest BCUT2D eigenvalue weighted by atomic mass is 35.5. The predicted molar refractivity (Wildman–Crippen MR) is 80.5 cm³/mol. The molecule has 0 radical (unpaired) electrons. The Hall–Kier alpha value is -0.570. The first-order valence-electron chi connectivity index (χ1n) is 7.22. The minimum atomic E-state index is 0.104. The standard InChI is InChI=1S/C16H24ClNO/c1-13-5-6-14(9-15(13)17)10-18-11-16(12-19)7-3-2-4-8-16/h5-6,9,18-19H,2-4,7-8,10-12H2,1H3. The summed E-state index contributed by atoms with van der Waals surface area (Å²) in [5, 5.41) is 14.0. The van der Waals surface area contributed by atoms with E-state index in [9.17, 15) is 5.11 Å². The Morgan fingerprint density at radius 1 is 1.26 bits per heavy atom. The van der Waals surface area contributed by atoms with E-state index in [1.54, 1.807) is 0 Å². The van der Waals surface area contributed by atoms with Crippen molar-refractivity contribution < 1.29 is 5.11 Å². The van der Waals surface area contributed by atoms with Crippen LogP contribution in [0.1, 0.15) is 43.2 Å². The van der Waals surface area contributed by atoms with Gasteiger partial charge in [0.25, 0.3) is 0 Å². The lowest BCUT2D eigenvalue weighted by Gasteiger charge is -2.35. The van der Waals surface area contributed by atoms with Crippen molar-refractivity contribution in [3.8, 4) is 0 Å². The maximum absolute atomic E-state index is 9.66. The molecule has 106 valence electrons. The highest BCUT2D eigenvalue weighted by Gasteiger charge is 2.30. The number of hydrogen-bond acceptors (Lipinski definition) is 2. The van der Waals surface area contributed by atoms with Gasteiger partial charge < -0.3 is 10.4 Å². The van der Waals surface area contributed by atoms with Gasteiger partial charge in [0.2, 0.25) is 0 Å². The van der Waals surface area contributed by atoms with Crippen LogP contribution in [0, 0.1) is 12.3 Å². The fraction of sp³-hybridized carbons (Fsp3) is 0.625. The van der Waals surface area contributed by atoms with Gasteiger partial charge in [-0.15, -0.1) is 0 Å². The highest BCUT2D eigenvalue weighted by molar-refractivity contribution is 6.31. The molecule has 0 spiro atoms. The number of benzene rings is 1. The Kier molecular flexibility index (Phi) is 5.26. The molecule has 1 aromatic carbocycles. The summed E-state index contributed by atoms with van der Waals surface area (Å²) in [4.78, 5) is 0. The smallest absolute Gasteiger partial charge is 0.0499 e. The Labute approximate surface area is 121 Å². The SMILES string of the molecule is Cc1ccc(CNCC2(CO)CCCCC2)cc1Cl. The van der Waals surface area contributed by atoms with Gasteiger partial charge in [0, 0.05) is 30.1 Å². The third-order valence-corrected chi connectivity index (χ3v) is 4.72. The first kappa shape index (κ1) is 14.8. The molecule has 0 atom stereocenters. The molecule has 2 N–H and O–H groups in total. The van der Waals surface area contributed by atoms with Crippen molar-refractivity contribution in [3.63, 3.8) is 0 Å². The Morgan fingerprint density at radius 3 is 2.63 bits per heavy atom. The molecule has 0 heterocycles. The van der Waals surface area contributed by atoms with E-state index in [4.69, 9.17) is 11.6 Å². The summed E-state index contributed by atoms with van der Waals surface area (Å²) in [6.07, 6.45) is 6.10. The Bertz CT molecular complexity index is 413. The van der Waals surface area contributed by atoms with E-state index in [2.05, 4.69) is 17.4 Å². The van der Waals surface area contributed by atoms with Crippen molar-refractivity contribution in [2.75, 3.05) is 13.2 Å². The number of rotatable bonds is 5. The monoisotopic (exact) mass is 281 g/mol. The normalized spacial score (nSPS) is 18.5. The first-order chi connectivity index (χ1) is 9.15. The fourth-order valence-corrected chi connectivity index (χ4v) is 3.11. The van der Waals surface area contributed by atoms with Crippen LogP contribution in [0.2, 0.25) is 5.02 Å². The van der Waals surface area contributed by atoms with Crippen LogP contribution in [0.5, 0.6) is 0 Å². The molecule has 0 aliphatic heterocycles. The van der Waals surface area contributed by atoms with Crippen LogP contribution >= 0.6 is 11.6 Å². The molecule has 1 fully saturated rings. The molecule has 1 saturated carbocycles. The van der Waals surface area contributed by atoms with Gasteiger partial charge >= 0.3 is 0 Å². The molecule has 1 aliphatic carbocycles. The number of hydrogen-bond donors (Lipinski definition) is 2. The summed E-state index contributed by atoms with van der Waals surface area (Å²) in [6, 6.07) is 6.19. The zero-order chi connectivity index (χ0) is 13.7. The molecule has 2 nitrogen and oxygen atoms in total. The molecule has 0 bridgehead atoms. The van der Waals surface area contributed by atoms with Crippen molar-refractivity contribution in [3.05, 3.63) is 34.3 Å². The van der Waals surface area contributed by atoms with Gasteiger partial charge in [-0.3, -0.25) is 0 Å². The highest BCUT2D eigenvalue weighted by Crippen LogP contribution is 2.35. The summed E-state index contributed by atoms with van der Waals surface area (Å²) in [5.41, 5.74) is 2.43. The summed E-state index contributed by atoms with van der Waals surface area (Å²) < 4.78 is 0. The van der Waals surface area contributed by atoms with Crippen LogP contribution in [0.25, 0.3) is 0 Å². The quantitative estimate of drug-likeness (QED) is 0.863. The molecule has 1 aliphatic rings. The molecular weight excluding hydrogens is 258 g/mol. The predicted octanol–water partition coefficient (Wildman–Crippen LogP) is 3.68. The molecular formula is C16H24ClNO. The van der Waals surface area contributed by atoms with Crippen molar-refractivity contribution in [1.29, 1.82) is 0 Å². The second-order valence-electron chi connectivity index (χ2n) is 5.91. The molecule has 0 unspecified atom stereocenters. The van der Waals surface area contributed by atoms with E-state index in [0.29, 0.717) is 6.61 Å². The largest absolute Gasteiger partial charge is 0.396 e. The first-order valence-corrected chi connectivity index (χ1v) is 7.60. The Morgan fingerprint density at radius 2 is 2.00 bits per heavy atom. The summed E-state index contributed by atoms with van der Waals surface area (Å²) >= 11 is 6.13. The molecule has 2 rings (SSSR count). The minimum Gasteiger partial charge on any atom is -0.396 e. The van der Waals surface area contributed by atoms with Crippen LogP contribution in [0.4, 0.5) is 0 Å². The van der Waals surface area contributed by atoms with Crippen molar-refractivity contribution in [2.45, 2.75) is 45.6 Å². The van der Waals surface area contributed by atoms with Crippen molar-refractivity contribution in [1.82, 2.24) is 5.32 Å². The second-order valence-corrected chi connectivity index (χ2v) is 6.31. The second kappa shape index (κ2) is 6.74. The van der Waals surface area contributed by atoms with Gasteiger partial charge in [-0.05, 0) is 37.0 Å². The van der Waals surface area contributed by atoms with Crippen molar-refractivity contribution in [2.24, 2.45) is 5.41 Å². The molecule has 0 amide bonds. The van der Waals surface area contributed by atoms with Crippen LogP contribution in [-0.2, 0) is 6.54 Å². The van der Waals surface area contributed by atoms with Gasteiger partial charge in [0.1, 0.15) is 0 Å². The fourth-order valence-electron chi connectivity index (χ4n) is 2.91. The molecule has 3 heteroatoms. The van der Waals surface area contributed by atoms with E-state index in [1.165, 1.54) is 24.8 Å². The summed E-state index contributed by atoms with van der Waals surface area (Å²) in [5.74, 6) is 0. The van der Waals surface area contributed by atoms with Gasteiger partial charge in [-0.2, -0.15) is 0 Å². The topological polar surface area (TPSA) is 32.3 Å². The molecule has 19 heavy (non-hydrogen) atoms. The lowest BCUT2D eigenvalue weighted by atomic mass is 9.74. The third kappa shape index (κ3) is 3.95. The number of aliphatic hydroxyl groups excluding tert-OH is 1. The van der Waals surface area contributed by atoms with Crippen LogP contribution in [0.15, 0.2) is 18.2 Å². The van der Waals surface area contributed by atoms with E-state index >= 15 is 0 Å². The van der Waals surface area contributed by atoms with Gasteiger partial charge in [0.15, 0.2) is 0 Å². The maximum Gasteiger partial charge on any atom is 0.0499 e. The Balaban J connectivity index is 1.86. The summed E-state index contributed by atoms with van der Waals surface area (Å²) in [6.45, 7) is 4.04. The summed E-state index contributed by atoms with van der Waals surface area (Å²) in [7, 11) is 0. The lowest BCUT2D eigenvalue weighted by Crippen LogP contribution is -2.38. The van der Waals surface area contributed by atoms with E-state index in [-0.39, 0.29) is 5.41 Å². The van der Waals surface area contributed by atoms with Crippen LogP contribution in [-0.4, -0.2) is 18.3 Å². The zero-order valence-electron chi connectivity index (χ0n) is 11.7. The lowest BCUT2D eigenvalue weighted by molar-refractivity contribution is 0.0810. The minimum absolute atomic E-state index is 0.104. The van der Waals surface area contributed by atoms with E-state index in [1.807, 2.05) is 13.0 Å². The van der Waals surface area contributed by atoms with Crippen molar-refractivity contribution >= 4 is 11.6 Å². The number of halogens is 1. The van der Waals surface area contributed by atoms with Gasteiger partial charge in [-0.1, -0.05) is 43.0 Å².